The lowest BCUT2D eigenvalue weighted by Gasteiger charge is -2.14. The summed E-state index contributed by atoms with van der Waals surface area (Å²) in [6.45, 7) is 10.4. The van der Waals surface area contributed by atoms with Gasteiger partial charge in [0.1, 0.15) is 0 Å². The standard InChI is InChI=1S/C12H24O2/c1-9(2)8-11(5)6-7-12(13)14-10(3)4/h9-11H,6-8H2,1-5H3. The molecule has 0 N–H and O–H groups in total. The second-order valence-electron chi connectivity index (χ2n) is 4.81. The third-order valence-electron chi connectivity index (χ3n) is 2.08. The summed E-state index contributed by atoms with van der Waals surface area (Å²) < 4.78 is 5.07. The van der Waals surface area contributed by atoms with Crippen LogP contribution in [0, 0.1) is 11.8 Å². The lowest BCUT2D eigenvalue weighted by Crippen LogP contribution is -2.12. The van der Waals surface area contributed by atoms with Gasteiger partial charge in [-0.25, -0.2) is 0 Å². The molecule has 0 saturated carbocycles. The molecule has 14 heavy (non-hydrogen) atoms. The molecule has 1 unspecified atom stereocenters. The maximum atomic E-state index is 11.2. The Morgan fingerprint density at radius 3 is 2.14 bits per heavy atom. The molecule has 84 valence electrons. The maximum Gasteiger partial charge on any atom is 0.306 e. The first-order chi connectivity index (χ1) is 6.41. The molecule has 0 fully saturated rings. The van der Waals surface area contributed by atoms with Crippen molar-refractivity contribution in [2.24, 2.45) is 11.8 Å². The second kappa shape index (κ2) is 6.86. The quantitative estimate of drug-likeness (QED) is 0.614. The summed E-state index contributed by atoms with van der Waals surface area (Å²) in [4.78, 5) is 11.2. The van der Waals surface area contributed by atoms with E-state index in [9.17, 15) is 4.79 Å². The molecule has 0 amide bonds. The van der Waals surface area contributed by atoms with Crippen LogP contribution in [-0.4, -0.2) is 12.1 Å². The van der Waals surface area contributed by atoms with Crippen LogP contribution in [0.25, 0.3) is 0 Å². The van der Waals surface area contributed by atoms with Crippen molar-refractivity contribution in [2.75, 3.05) is 0 Å². The van der Waals surface area contributed by atoms with E-state index < -0.39 is 0 Å². The minimum absolute atomic E-state index is 0.0166. The Bertz CT molecular complexity index is 162. The fourth-order valence-corrected chi connectivity index (χ4v) is 1.61. The summed E-state index contributed by atoms with van der Waals surface area (Å²) in [6.07, 6.45) is 2.72. The van der Waals surface area contributed by atoms with Gasteiger partial charge in [-0.05, 0) is 38.5 Å². The molecule has 0 saturated heterocycles. The number of hydrogen-bond acceptors (Lipinski definition) is 2. The Morgan fingerprint density at radius 1 is 1.14 bits per heavy atom. The Hall–Kier alpha value is -0.530. The predicted octanol–water partition coefficient (Wildman–Crippen LogP) is 3.40. The number of esters is 1. The van der Waals surface area contributed by atoms with Crippen molar-refractivity contribution >= 4 is 5.97 Å². The van der Waals surface area contributed by atoms with Crippen LogP contribution in [0.4, 0.5) is 0 Å². The van der Waals surface area contributed by atoms with Crippen LogP contribution in [0.1, 0.15) is 53.9 Å². The number of hydrogen-bond donors (Lipinski definition) is 0. The van der Waals surface area contributed by atoms with E-state index in [1.165, 1.54) is 6.42 Å². The molecule has 0 radical (unpaired) electrons. The molecule has 0 rings (SSSR count). The van der Waals surface area contributed by atoms with Gasteiger partial charge in [0.05, 0.1) is 6.10 Å². The summed E-state index contributed by atoms with van der Waals surface area (Å²) in [6, 6.07) is 0. The molecule has 2 nitrogen and oxygen atoms in total. The lowest BCUT2D eigenvalue weighted by atomic mass is 9.95. The summed E-state index contributed by atoms with van der Waals surface area (Å²) in [5.74, 6) is 1.27. The van der Waals surface area contributed by atoms with Gasteiger partial charge in [0.2, 0.25) is 0 Å². The summed E-state index contributed by atoms with van der Waals surface area (Å²) >= 11 is 0. The van der Waals surface area contributed by atoms with Crippen LogP contribution >= 0.6 is 0 Å². The topological polar surface area (TPSA) is 26.3 Å². The van der Waals surface area contributed by atoms with Gasteiger partial charge >= 0.3 is 5.97 Å². The van der Waals surface area contributed by atoms with Gasteiger partial charge < -0.3 is 4.74 Å². The zero-order chi connectivity index (χ0) is 11.1. The average Bonchev–Trinajstić information content (AvgIpc) is 1.98. The highest BCUT2D eigenvalue weighted by atomic mass is 16.5. The van der Waals surface area contributed by atoms with Crippen molar-refractivity contribution in [3.8, 4) is 0 Å². The third-order valence-corrected chi connectivity index (χ3v) is 2.08. The highest BCUT2D eigenvalue weighted by Gasteiger charge is 2.10. The van der Waals surface area contributed by atoms with Crippen LogP contribution in [-0.2, 0) is 9.53 Å². The molecule has 0 aromatic carbocycles. The summed E-state index contributed by atoms with van der Waals surface area (Å²) in [5.41, 5.74) is 0. The SMILES string of the molecule is CC(C)CC(C)CCC(=O)OC(C)C. The van der Waals surface area contributed by atoms with Crippen LogP contribution in [0.5, 0.6) is 0 Å². The van der Waals surface area contributed by atoms with Gasteiger partial charge in [0, 0.05) is 6.42 Å². The van der Waals surface area contributed by atoms with E-state index >= 15 is 0 Å². The molecule has 0 heterocycles. The van der Waals surface area contributed by atoms with Gasteiger partial charge in [0.15, 0.2) is 0 Å². The molecular formula is C12H24O2. The molecule has 0 aliphatic rings. The molecule has 0 bridgehead atoms. The zero-order valence-electron chi connectivity index (χ0n) is 10.2. The molecule has 0 aliphatic heterocycles. The molecule has 0 spiro atoms. The molecular weight excluding hydrogens is 176 g/mol. The fraction of sp³-hybridized carbons (Fsp3) is 0.917. The van der Waals surface area contributed by atoms with E-state index in [2.05, 4.69) is 20.8 Å². The van der Waals surface area contributed by atoms with Crippen molar-refractivity contribution in [2.45, 2.75) is 60.0 Å². The number of carbonyl (C=O) groups is 1. The van der Waals surface area contributed by atoms with E-state index in [1.807, 2.05) is 13.8 Å². The number of carbonyl (C=O) groups excluding carboxylic acids is 1. The number of rotatable bonds is 6. The second-order valence-corrected chi connectivity index (χ2v) is 4.81. The highest BCUT2D eigenvalue weighted by Crippen LogP contribution is 2.16. The Balaban J connectivity index is 3.56. The van der Waals surface area contributed by atoms with Crippen LogP contribution < -0.4 is 0 Å². The molecule has 2 heteroatoms. The lowest BCUT2D eigenvalue weighted by molar-refractivity contribution is -0.147. The molecule has 1 atom stereocenters. The summed E-state index contributed by atoms with van der Waals surface area (Å²) in [7, 11) is 0. The van der Waals surface area contributed by atoms with Crippen molar-refractivity contribution in [1.29, 1.82) is 0 Å². The zero-order valence-corrected chi connectivity index (χ0v) is 10.2. The number of ether oxygens (including phenoxy) is 1. The van der Waals surface area contributed by atoms with Crippen LogP contribution in [0.2, 0.25) is 0 Å². The molecule has 0 aromatic heterocycles. The van der Waals surface area contributed by atoms with Crippen molar-refractivity contribution in [3.05, 3.63) is 0 Å². The van der Waals surface area contributed by atoms with E-state index in [-0.39, 0.29) is 12.1 Å². The Morgan fingerprint density at radius 2 is 1.71 bits per heavy atom. The van der Waals surface area contributed by atoms with Gasteiger partial charge in [-0.3, -0.25) is 4.79 Å². The van der Waals surface area contributed by atoms with Crippen molar-refractivity contribution in [3.63, 3.8) is 0 Å². The fourth-order valence-electron chi connectivity index (χ4n) is 1.61. The van der Waals surface area contributed by atoms with Crippen LogP contribution in [0.3, 0.4) is 0 Å². The highest BCUT2D eigenvalue weighted by molar-refractivity contribution is 5.69. The van der Waals surface area contributed by atoms with Crippen LogP contribution in [0.15, 0.2) is 0 Å². The first kappa shape index (κ1) is 13.5. The summed E-state index contributed by atoms with van der Waals surface area (Å²) in [5, 5.41) is 0. The molecule has 0 aliphatic carbocycles. The normalized spacial score (nSPS) is 13.4. The Labute approximate surface area is 88.0 Å². The van der Waals surface area contributed by atoms with Gasteiger partial charge in [-0.15, -0.1) is 0 Å². The van der Waals surface area contributed by atoms with E-state index in [4.69, 9.17) is 4.74 Å². The third kappa shape index (κ3) is 8.09. The van der Waals surface area contributed by atoms with Gasteiger partial charge in [-0.2, -0.15) is 0 Å². The maximum absolute atomic E-state index is 11.2. The largest absolute Gasteiger partial charge is 0.463 e. The predicted molar refractivity (Wildman–Crippen MR) is 59.1 cm³/mol. The minimum atomic E-state index is -0.0596. The average molecular weight is 200 g/mol. The van der Waals surface area contributed by atoms with Gasteiger partial charge in [0.25, 0.3) is 0 Å². The minimum Gasteiger partial charge on any atom is -0.463 e. The van der Waals surface area contributed by atoms with E-state index in [1.54, 1.807) is 0 Å². The van der Waals surface area contributed by atoms with Crippen molar-refractivity contribution < 1.29 is 9.53 Å². The smallest absolute Gasteiger partial charge is 0.306 e. The van der Waals surface area contributed by atoms with Gasteiger partial charge in [-0.1, -0.05) is 20.8 Å². The first-order valence-electron chi connectivity index (χ1n) is 5.61. The van der Waals surface area contributed by atoms with E-state index in [0.29, 0.717) is 18.3 Å². The Kier molecular flexibility index (Phi) is 6.60. The molecule has 0 aromatic rings. The first-order valence-corrected chi connectivity index (χ1v) is 5.61. The van der Waals surface area contributed by atoms with E-state index in [0.717, 1.165) is 6.42 Å². The van der Waals surface area contributed by atoms with Crippen molar-refractivity contribution in [1.82, 2.24) is 0 Å². The monoisotopic (exact) mass is 200 g/mol.